The second kappa shape index (κ2) is 13.7. The molecule has 0 bridgehead atoms. The first-order valence-corrected chi connectivity index (χ1v) is 14.2. The summed E-state index contributed by atoms with van der Waals surface area (Å²) < 4.78 is -0.566. The van der Waals surface area contributed by atoms with Crippen LogP contribution >= 0.6 is 11.8 Å². The van der Waals surface area contributed by atoms with Gasteiger partial charge in [-0.1, -0.05) is 61.9 Å². The van der Waals surface area contributed by atoms with Gasteiger partial charge in [0.25, 0.3) is 11.8 Å². The number of carbonyl (C=O) groups is 3. The number of benzene rings is 2. The number of phenolic OH excluding ortho intramolecular Hbond substituents is 1. The van der Waals surface area contributed by atoms with Crippen molar-refractivity contribution in [3.05, 3.63) is 77.4 Å². The van der Waals surface area contributed by atoms with E-state index in [0.29, 0.717) is 12.1 Å². The van der Waals surface area contributed by atoms with Crippen molar-refractivity contribution in [2.75, 3.05) is 12.4 Å². The van der Waals surface area contributed by atoms with E-state index in [9.17, 15) is 24.6 Å². The maximum Gasteiger partial charge on any atom is 0.254 e. The molecular weight excluding hydrogens is 514 g/mol. The average molecular weight is 554 g/mol. The van der Waals surface area contributed by atoms with Gasteiger partial charge in [0, 0.05) is 22.4 Å². The first-order chi connectivity index (χ1) is 18.6. The van der Waals surface area contributed by atoms with Crippen molar-refractivity contribution < 1.29 is 24.6 Å². The van der Waals surface area contributed by atoms with Gasteiger partial charge in [-0.3, -0.25) is 14.4 Å². The summed E-state index contributed by atoms with van der Waals surface area (Å²) >= 11 is 1.47. The molecule has 3 amide bonds. The van der Waals surface area contributed by atoms with Crippen LogP contribution in [0.15, 0.2) is 60.7 Å². The lowest BCUT2D eigenvalue weighted by molar-refractivity contribution is -0.147. The first kappa shape index (κ1) is 30.2. The largest absolute Gasteiger partial charge is 0.508 e. The normalized spacial score (nSPS) is 18.1. The topological polar surface area (TPSA) is 119 Å². The van der Waals surface area contributed by atoms with E-state index in [-0.39, 0.29) is 29.5 Å². The number of hydrogen-bond donors (Lipinski definition) is 4. The van der Waals surface area contributed by atoms with Crippen LogP contribution in [0.25, 0.3) is 0 Å². The molecule has 210 valence electrons. The highest BCUT2D eigenvalue weighted by molar-refractivity contribution is 8.00. The quantitative estimate of drug-likeness (QED) is 0.316. The maximum atomic E-state index is 13.7. The first-order valence-electron chi connectivity index (χ1n) is 13.3. The third kappa shape index (κ3) is 7.64. The van der Waals surface area contributed by atoms with Crippen molar-refractivity contribution in [1.29, 1.82) is 0 Å². The van der Waals surface area contributed by atoms with Crippen LogP contribution in [0.3, 0.4) is 0 Å². The summed E-state index contributed by atoms with van der Waals surface area (Å²) in [5, 5.41) is 27.1. The van der Waals surface area contributed by atoms with Crippen molar-refractivity contribution in [2.45, 2.75) is 69.9 Å². The van der Waals surface area contributed by atoms with Crippen LogP contribution in [-0.4, -0.2) is 68.2 Å². The highest BCUT2D eigenvalue weighted by Crippen LogP contribution is 2.39. The van der Waals surface area contributed by atoms with Gasteiger partial charge in [0.15, 0.2) is 6.10 Å². The summed E-state index contributed by atoms with van der Waals surface area (Å²) in [7, 11) is 0. The van der Waals surface area contributed by atoms with E-state index < -0.39 is 34.7 Å². The Bertz CT molecular complexity index is 1180. The Hall–Kier alpha value is -3.30. The molecule has 0 unspecified atom stereocenters. The number of aliphatic hydroxyl groups is 1. The third-order valence-corrected chi connectivity index (χ3v) is 8.27. The van der Waals surface area contributed by atoms with Crippen LogP contribution in [0, 0.1) is 6.92 Å². The second-order valence-electron chi connectivity index (χ2n) is 10.3. The molecular formula is C30H39N3O5S. The summed E-state index contributed by atoms with van der Waals surface area (Å²) in [5.74, 6) is -1.20. The lowest BCUT2D eigenvalue weighted by Crippen LogP contribution is -2.58. The zero-order valence-electron chi connectivity index (χ0n) is 23.0. The van der Waals surface area contributed by atoms with Crippen LogP contribution in [0.4, 0.5) is 0 Å². The molecule has 1 aliphatic heterocycles. The highest BCUT2D eigenvalue weighted by Gasteiger charge is 2.49. The number of unbranched alkanes of at least 4 members (excludes halogenated alkanes) is 1. The van der Waals surface area contributed by atoms with Crippen molar-refractivity contribution in [3.63, 3.8) is 0 Å². The Morgan fingerprint density at radius 3 is 2.54 bits per heavy atom. The fraction of sp³-hybridized carbons (Fsp3) is 0.433. The molecule has 1 heterocycles. The number of nitrogens with one attached hydrogen (secondary N) is 2. The van der Waals surface area contributed by atoms with Crippen LogP contribution in [0.2, 0.25) is 0 Å². The molecule has 9 heteroatoms. The molecule has 0 aromatic heterocycles. The number of thioether (sulfide) groups is 1. The fourth-order valence-corrected chi connectivity index (χ4v) is 5.74. The molecule has 0 aliphatic carbocycles. The molecule has 1 aliphatic rings. The number of aliphatic hydroxyl groups excluding tert-OH is 1. The number of carbonyl (C=O) groups excluding carboxylic acids is 3. The summed E-state index contributed by atoms with van der Waals surface area (Å²) in [5.41, 5.74) is 1.47. The molecule has 3 atom stereocenters. The minimum atomic E-state index is -1.60. The summed E-state index contributed by atoms with van der Waals surface area (Å²) in [6.07, 6.45) is 4.44. The van der Waals surface area contributed by atoms with Crippen molar-refractivity contribution in [1.82, 2.24) is 15.5 Å². The smallest absolute Gasteiger partial charge is 0.254 e. The lowest BCUT2D eigenvalue weighted by atomic mass is 9.96. The Morgan fingerprint density at radius 2 is 1.85 bits per heavy atom. The number of aromatic hydroxyl groups is 1. The van der Waals surface area contributed by atoms with Gasteiger partial charge in [0.1, 0.15) is 11.8 Å². The van der Waals surface area contributed by atoms with E-state index >= 15 is 0 Å². The van der Waals surface area contributed by atoms with Gasteiger partial charge in [0.05, 0.1) is 11.9 Å². The van der Waals surface area contributed by atoms with Crippen molar-refractivity contribution in [2.24, 2.45) is 0 Å². The van der Waals surface area contributed by atoms with Crippen LogP contribution in [-0.2, 0) is 16.0 Å². The Morgan fingerprint density at radius 1 is 1.13 bits per heavy atom. The Kier molecular flexibility index (Phi) is 10.6. The molecule has 1 saturated heterocycles. The molecule has 2 aromatic carbocycles. The van der Waals surface area contributed by atoms with E-state index in [0.717, 1.165) is 18.4 Å². The molecule has 0 spiro atoms. The molecule has 4 N–H and O–H groups in total. The van der Waals surface area contributed by atoms with Gasteiger partial charge in [-0.25, -0.2) is 0 Å². The van der Waals surface area contributed by atoms with Crippen LogP contribution in [0.1, 0.15) is 55.1 Å². The monoisotopic (exact) mass is 553 g/mol. The van der Waals surface area contributed by atoms with Crippen LogP contribution in [0.5, 0.6) is 5.75 Å². The Labute approximate surface area is 234 Å². The van der Waals surface area contributed by atoms with Gasteiger partial charge in [-0.15, -0.1) is 11.8 Å². The second-order valence-corrected chi connectivity index (χ2v) is 11.9. The molecule has 8 nitrogen and oxygen atoms in total. The average Bonchev–Trinajstić information content (AvgIpc) is 3.24. The van der Waals surface area contributed by atoms with Crippen molar-refractivity contribution >= 4 is 29.5 Å². The minimum Gasteiger partial charge on any atom is -0.508 e. The van der Waals surface area contributed by atoms with Gasteiger partial charge in [0.2, 0.25) is 5.91 Å². The molecule has 39 heavy (non-hydrogen) atoms. The van der Waals surface area contributed by atoms with E-state index in [4.69, 9.17) is 0 Å². The molecule has 0 radical (unpaired) electrons. The molecule has 3 rings (SSSR count). The van der Waals surface area contributed by atoms with E-state index in [2.05, 4.69) is 17.6 Å². The molecule has 2 aromatic rings. The maximum absolute atomic E-state index is 13.7. The van der Waals surface area contributed by atoms with E-state index in [1.807, 2.05) is 56.3 Å². The van der Waals surface area contributed by atoms with E-state index in [1.54, 1.807) is 19.1 Å². The predicted molar refractivity (Wildman–Crippen MR) is 154 cm³/mol. The summed E-state index contributed by atoms with van der Waals surface area (Å²) in [6.45, 7) is 7.87. The number of amides is 3. The van der Waals surface area contributed by atoms with E-state index in [1.165, 1.54) is 22.7 Å². The van der Waals surface area contributed by atoms with Crippen LogP contribution < -0.4 is 10.6 Å². The van der Waals surface area contributed by atoms with Gasteiger partial charge < -0.3 is 25.7 Å². The fourth-order valence-electron chi connectivity index (χ4n) is 4.60. The van der Waals surface area contributed by atoms with Gasteiger partial charge >= 0.3 is 0 Å². The predicted octanol–water partition coefficient (Wildman–Crippen LogP) is 3.56. The standard InChI is InChI=1S/C30H39N3O5S/c1-5-6-7-11-17-31-28(37)26-30(3,4)39-19-33(26)29(38)25(35)23(18-21-13-9-8-10-14-21)32-27(36)22-15-12-16-24(34)20(22)2/h7-16,23,25-26,34-35H,5-6,17-19H2,1-4H3,(H,31,37)(H,32,36)/t23-,25-,26+/m0/s1. The minimum absolute atomic E-state index is 0.0198. The molecule has 0 saturated carbocycles. The number of nitrogens with zero attached hydrogens (tertiary/aromatic N) is 1. The number of hydrogen-bond acceptors (Lipinski definition) is 6. The lowest BCUT2D eigenvalue weighted by Gasteiger charge is -2.33. The van der Waals surface area contributed by atoms with Gasteiger partial charge in [-0.2, -0.15) is 0 Å². The number of rotatable bonds is 11. The van der Waals surface area contributed by atoms with Gasteiger partial charge in [-0.05, 0) is 51.3 Å². The Balaban J connectivity index is 1.83. The number of phenols is 1. The van der Waals surface area contributed by atoms with Crippen molar-refractivity contribution in [3.8, 4) is 5.75 Å². The highest BCUT2D eigenvalue weighted by atomic mass is 32.2. The molecule has 1 fully saturated rings. The summed E-state index contributed by atoms with van der Waals surface area (Å²) in [6, 6.07) is 12.1. The number of allylic oxidation sites excluding steroid dienone is 1. The third-order valence-electron chi connectivity index (χ3n) is 6.89. The SMILES string of the molecule is CCCC=CCNC(=O)[C@H]1N(C(=O)[C@@H](O)[C@H](Cc2ccccc2)NC(=O)c2cccc(O)c2C)CSC1(C)C. The zero-order chi connectivity index (χ0) is 28.6. The zero-order valence-corrected chi connectivity index (χ0v) is 23.8. The summed E-state index contributed by atoms with van der Waals surface area (Å²) in [4.78, 5) is 41.5.